The lowest BCUT2D eigenvalue weighted by molar-refractivity contribution is -0.146. The lowest BCUT2D eigenvalue weighted by atomic mass is 10.1. The zero-order chi connectivity index (χ0) is 9.97. The number of hydrogen-bond donors (Lipinski definition) is 0. The largest absolute Gasteiger partial charge is 0.489 e. The minimum atomic E-state index is -0.419. The van der Waals surface area contributed by atoms with Crippen LogP contribution in [0, 0.1) is 0 Å². The fourth-order valence-electron chi connectivity index (χ4n) is 1.42. The van der Waals surface area contributed by atoms with E-state index >= 15 is 0 Å². The third-order valence-electron chi connectivity index (χ3n) is 2.04. The number of ether oxygens (including phenoxy) is 2. The van der Waals surface area contributed by atoms with Gasteiger partial charge in [-0.25, -0.2) is 0 Å². The number of rotatable bonds is 2. The SMILES string of the molecule is O=C(CCl)OC1COc2ccccc21. The van der Waals surface area contributed by atoms with E-state index in [9.17, 15) is 4.79 Å². The van der Waals surface area contributed by atoms with Crippen molar-refractivity contribution in [1.82, 2.24) is 0 Å². The molecule has 4 heteroatoms. The van der Waals surface area contributed by atoms with Crippen molar-refractivity contribution in [3.05, 3.63) is 29.8 Å². The van der Waals surface area contributed by atoms with E-state index < -0.39 is 5.97 Å². The van der Waals surface area contributed by atoms with Gasteiger partial charge < -0.3 is 9.47 Å². The third-order valence-corrected chi connectivity index (χ3v) is 2.26. The predicted molar refractivity (Wildman–Crippen MR) is 51.5 cm³/mol. The van der Waals surface area contributed by atoms with Crippen molar-refractivity contribution >= 4 is 17.6 Å². The molecule has 14 heavy (non-hydrogen) atoms. The highest BCUT2D eigenvalue weighted by Gasteiger charge is 2.26. The molecule has 1 aliphatic rings. The molecule has 0 aliphatic carbocycles. The minimum Gasteiger partial charge on any atom is -0.489 e. The standard InChI is InChI=1S/C10H9ClO3/c11-5-10(12)14-9-6-13-8-4-2-1-3-7(8)9/h1-4,9H,5-6H2. The monoisotopic (exact) mass is 212 g/mol. The molecule has 0 radical (unpaired) electrons. The van der Waals surface area contributed by atoms with Crippen molar-refractivity contribution in [2.45, 2.75) is 6.10 Å². The van der Waals surface area contributed by atoms with Crippen LogP contribution in [0.2, 0.25) is 0 Å². The number of esters is 1. The highest BCUT2D eigenvalue weighted by Crippen LogP contribution is 2.34. The van der Waals surface area contributed by atoms with Gasteiger partial charge in [0, 0.05) is 5.56 Å². The van der Waals surface area contributed by atoms with Crippen LogP contribution in [0.5, 0.6) is 5.75 Å². The van der Waals surface area contributed by atoms with Gasteiger partial charge in [-0.2, -0.15) is 0 Å². The van der Waals surface area contributed by atoms with Crippen LogP contribution in [0.1, 0.15) is 11.7 Å². The second-order valence-electron chi connectivity index (χ2n) is 2.96. The summed E-state index contributed by atoms with van der Waals surface area (Å²) >= 11 is 5.34. The topological polar surface area (TPSA) is 35.5 Å². The maximum atomic E-state index is 11.0. The van der Waals surface area contributed by atoms with Crippen molar-refractivity contribution < 1.29 is 14.3 Å². The highest BCUT2D eigenvalue weighted by atomic mass is 35.5. The first kappa shape index (κ1) is 9.34. The van der Waals surface area contributed by atoms with E-state index in [4.69, 9.17) is 21.1 Å². The molecule has 1 atom stereocenters. The molecule has 1 aliphatic heterocycles. The molecule has 0 amide bonds. The number of carbonyl (C=O) groups excluding carboxylic acids is 1. The molecule has 1 aromatic carbocycles. The molecule has 74 valence electrons. The van der Waals surface area contributed by atoms with Crippen molar-refractivity contribution in [3.8, 4) is 5.75 Å². The van der Waals surface area contributed by atoms with Gasteiger partial charge in [-0.05, 0) is 6.07 Å². The Morgan fingerprint density at radius 2 is 2.36 bits per heavy atom. The molecule has 0 N–H and O–H groups in total. The maximum Gasteiger partial charge on any atom is 0.321 e. The second kappa shape index (κ2) is 3.88. The molecular formula is C10H9ClO3. The van der Waals surface area contributed by atoms with Gasteiger partial charge in [0.1, 0.15) is 18.2 Å². The Balaban J connectivity index is 2.14. The van der Waals surface area contributed by atoms with Crippen LogP contribution >= 0.6 is 11.6 Å². The summed E-state index contributed by atoms with van der Waals surface area (Å²) in [5.41, 5.74) is 0.908. The lowest BCUT2D eigenvalue weighted by Gasteiger charge is -2.08. The summed E-state index contributed by atoms with van der Waals surface area (Å²) in [7, 11) is 0. The average molecular weight is 213 g/mol. The Hall–Kier alpha value is -1.22. The molecule has 1 heterocycles. The van der Waals surface area contributed by atoms with Crippen LogP contribution in [0.4, 0.5) is 0 Å². The third kappa shape index (κ3) is 1.68. The molecule has 1 aromatic rings. The summed E-state index contributed by atoms with van der Waals surface area (Å²) in [4.78, 5) is 11.0. The summed E-state index contributed by atoms with van der Waals surface area (Å²) in [5.74, 6) is 0.232. The van der Waals surface area contributed by atoms with Crippen molar-refractivity contribution in [2.24, 2.45) is 0 Å². The van der Waals surface area contributed by atoms with Crippen LogP contribution in [0.15, 0.2) is 24.3 Å². The average Bonchev–Trinajstić information content (AvgIpc) is 2.62. The molecule has 0 bridgehead atoms. The molecule has 3 nitrogen and oxygen atoms in total. The van der Waals surface area contributed by atoms with Gasteiger partial charge in [0.2, 0.25) is 0 Å². The zero-order valence-electron chi connectivity index (χ0n) is 7.40. The molecule has 0 aromatic heterocycles. The van der Waals surface area contributed by atoms with E-state index in [0.717, 1.165) is 11.3 Å². The van der Waals surface area contributed by atoms with Gasteiger partial charge in [-0.15, -0.1) is 11.6 Å². The molecule has 0 saturated heterocycles. The van der Waals surface area contributed by atoms with Crippen LogP contribution < -0.4 is 4.74 Å². The summed E-state index contributed by atoms with van der Waals surface area (Å²) in [6, 6.07) is 7.50. The second-order valence-corrected chi connectivity index (χ2v) is 3.23. The van der Waals surface area contributed by atoms with Gasteiger partial charge in [-0.3, -0.25) is 4.79 Å². The molecule has 0 fully saturated rings. The van der Waals surface area contributed by atoms with Crippen molar-refractivity contribution in [3.63, 3.8) is 0 Å². The Morgan fingerprint density at radius 3 is 3.14 bits per heavy atom. The smallest absolute Gasteiger partial charge is 0.321 e. The minimum absolute atomic E-state index is 0.126. The van der Waals surface area contributed by atoms with Crippen molar-refractivity contribution in [2.75, 3.05) is 12.5 Å². The maximum absolute atomic E-state index is 11.0. The molecule has 1 unspecified atom stereocenters. The van der Waals surface area contributed by atoms with Crippen molar-refractivity contribution in [1.29, 1.82) is 0 Å². The van der Waals surface area contributed by atoms with Gasteiger partial charge in [0.05, 0.1) is 0 Å². The Bertz CT molecular complexity index is 351. The van der Waals surface area contributed by atoms with Gasteiger partial charge in [-0.1, -0.05) is 18.2 Å². The lowest BCUT2D eigenvalue weighted by Crippen LogP contribution is -2.13. The number of alkyl halides is 1. The molecule has 2 rings (SSSR count). The Kier molecular flexibility index (Phi) is 2.59. The zero-order valence-corrected chi connectivity index (χ0v) is 8.16. The van der Waals surface area contributed by atoms with E-state index in [1.54, 1.807) is 0 Å². The van der Waals surface area contributed by atoms with Crippen LogP contribution in [0.25, 0.3) is 0 Å². The first-order chi connectivity index (χ1) is 6.81. The predicted octanol–water partition coefficient (Wildman–Crippen LogP) is 1.90. The first-order valence-electron chi connectivity index (χ1n) is 4.28. The van der Waals surface area contributed by atoms with E-state index in [1.165, 1.54) is 0 Å². The quantitative estimate of drug-likeness (QED) is 0.555. The number of hydrogen-bond acceptors (Lipinski definition) is 3. The first-order valence-corrected chi connectivity index (χ1v) is 4.82. The van der Waals surface area contributed by atoms with Crippen LogP contribution in [-0.2, 0) is 9.53 Å². The molecule has 0 spiro atoms. The fraction of sp³-hybridized carbons (Fsp3) is 0.300. The number of fused-ring (bicyclic) bond motifs is 1. The Morgan fingerprint density at radius 1 is 1.57 bits per heavy atom. The van der Waals surface area contributed by atoms with E-state index in [1.807, 2.05) is 24.3 Å². The number of halogens is 1. The number of carbonyl (C=O) groups is 1. The Labute approximate surface area is 86.6 Å². The van der Waals surface area contributed by atoms with Crippen LogP contribution in [-0.4, -0.2) is 18.5 Å². The van der Waals surface area contributed by atoms with E-state index in [-0.39, 0.29) is 12.0 Å². The van der Waals surface area contributed by atoms with Gasteiger partial charge >= 0.3 is 5.97 Å². The highest BCUT2D eigenvalue weighted by molar-refractivity contribution is 6.26. The number of benzene rings is 1. The number of para-hydroxylation sites is 1. The summed E-state index contributed by atoms with van der Waals surface area (Å²) in [5, 5.41) is 0. The summed E-state index contributed by atoms with van der Waals surface area (Å²) in [6.07, 6.45) is -0.308. The summed E-state index contributed by atoms with van der Waals surface area (Å²) in [6.45, 7) is 0.377. The normalized spacial score (nSPS) is 18.5. The van der Waals surface area contributed by atoms with Gasteiger partial charge in [0.25, 0.3) is 0 Å². The van der Waals surface area contributed by atoms with Gasteiger partial charge in [0.15, 0.2) is 6.10 Å². The van der Waals surface area contributed by atoms with E-state index in [0.29, 0.717) is 6.61 Å². The molecule has 0 saturated carbocycles. The molecular weight excluding hydrogens is 204 g/mol. The summed E-state index contributed by atoms with van der Waals surface area (Å²) < 4.78 is 10.4. The van der Waals surface area contributed by atoms with Crippen LogP contribution in [0.3, 0.4) is 0 Å². The fourth-order valence-corrected chi connectivity index (χ4v) is 1.48. The van der Waals surface area contributed by atoms with E-state index in [2.05, 4.69) is 0 Å².